The van der Waals surface area contributed by atoms with Gasteiger partial charge in [0.15, 0.2) is 0 Å². The molecule has 0 unspecified atom stereocenters. The summed E-state index contributed by atoms with van der Waals surface area (Å²) in [6, 6.07) is -0.566. The zero-order valence-corrected chi connectivity index (χ0v) is 8.74. The Labute approximate surface area is 87.4 Å². The van der Waals surface area contributed by atoms with E-state index in [9.17, 15) is 14.4 Å². The topological polar surface area (TPSA) is 98.7 Å². The maximum absolute atomic E-state index is 11.3. The molecule has 0 fully saturated rings. The number of hydrogen-bond donors (Lipinski definition) is 3. The number of rotatable bonds is 5. The van der Waals surface area contributed by atoms with Crippen LogP contribution in [0, 0.1) is 0 Å². The molecule has 0 spiro atoms. The van der Waals surface area contributed by atoms with Crippen LogP contribution in [0.15, 0.2) is 0 Å². The lowest BCUT2D eigenvalue weighted by Gasteiger charge is -2.18. The minimum absolute atomic E-state index is 0.161. The average molecular weight is 217 g/mol. The summed E-state index contributed by atoms with van der Waals surface area (Å²) in [6.45, 7) is 1.38. The number of carbonyl (C=O) groups excluding carboxylic acids is 2. The maximum Gasteiger partial charge on any atom is 0.323 e. The van der Waals surface area contributed by atoms with E-state index in [1.54, 1.807) is 6.92 Å². The summed E-state index contributed by atoms with van der Waals surface area (Å²) >= 11 is 0. The van der Waals surface area contributed by atoms with Crippen molar-refractivity contribution < 1.29 is 19.5 Å². The van der Waals surface area contributed by atoms with Crippen molar-refractivity contribution in [3.05, 3.63) is 0 Å². The number of nitrogens with zero attached hydrogens (tertiary/aromatic N) is 1. The average Bonchev–Trinajstić information content (AvgIpc) is 2.21. The first-order chi connectivity index (χ1) is 7.01. The highest BCUT2D eigenvalue weighted by Gasteiger charge is 2.14. The molecule has 15 heavy (non-hydrogen) atoms. The van der Waals surface area contributed by atoms with Crippen LogP contribution in [0.1, 0.15) is 6.92 Å². The molecule has 0 aliphatic heterocycles. The fraction of sp³-hybridized carbons (Fsp3) is 0.625. The van der Waals surface area contributed by atoms with Crippen LogP contribution in [0.5, 0.6) is 0 Å². The highest BCUT2D eigenvalue weighted by Crippen LogP contribution is 1.88. The van der Waals surface area contributed by atoms with Crippen LogP contribution in [0.3, 0.4) is 0 Å². The number of carboxylic acids is 1. The molecule has 0 aliphatic carbocycles. The van der Waals surface area contributed by atoms with Crippen molar-refractivity contribution in [2.75, 3.05) is 26.7 Å². The van der Waals surface area contributed by atoms with Crippen LogP contribution in [-0.4, -0.2) is 54.6 Å². The van der Waals surface area contributed by atoms with Crippen LogP contribution in [0.25, 0.3) is 0 Å². The minimum atomic E-state index is -1.09. The lowest BCUT2D eigenvalue weighted by Crippen LogP contribution is -2.45. The van der Waals surface area contributed by atoms with Crippen molar-refractivity contribution in [2.45, 2.75) is 6.92 Å². The first kappa shape index (κ1) is 13.2. The van der Waals surface area contributed by atoms with Gasteiger partial charge in [-0.25, -0.2) is 4.79 Å². The molecule has 86 valence electrons. The van der Waals surface area contributed by atoms with Gasteiger partial charge in [-0.2, -0.15) is 0 Å². The van der Waals surface area contributed by atoms with Crippen LogP contribution in [0.4, 0.5) is 4.79 Å². The summed E-state index contributed by atoms with van der Waals surface area (Å²) in [4.78, 5) is 33.5. The zero-order chi connectivity index (χ0) is 11.8. The molecule has 0 aliphatic rings. The van der Waals surface area contributed by atoms with Crippen molar-refractivity contribution in [2.24, 2.45) is 0 Å². The summed E-state index contributed by atoms with van der Waals surface area (Å²) in [7, 11) is 1.45. The van der Waals surface area contributed by atoms with Crippen molar-refractivity contribution in [3.8, 4) is 0 Å². The van der Waals surface area contributed by atoms with E-state index in [4.69, 9.17) is 5.11 Å². The maximum atomic E-state index is 11.3. The monoisotopic (exact) mass is 217 g/mol. The molecule has 0 radical (unpaired) electrons. The molecular weight excluding hydrogens is 202 g/mol. The van der Waals surface area contributed by atoms with E-state index in [2.05, 4.69) is 10.6 Å². The fourth-order valence-electron chi connectivity index (χ4n) is 0.847. The predicted octanol–water partition coefficient (Wildman–Crippen LogP) is -1.15. The molecule has 7 heteroatoms. The van der Waals surface area contributed by atoms with Gasteiger partial charge in [-0.3, -0.25) is 9.59 Å². The van der Waals surface area contributed by atoms with Gasteiger partial charge in [0.05, 0.1) is 6.54 Å². The Bertz CT molecular complexity index is 254. The highest BCUT2D eigenvalue weighted by molar-refractivity contribution is 5.85. The summed E-state index contributed by atoms with van der Waals surface area (Å²) in [5, 5.41) is 13.1. The number of aliphatic carboxylic acids is 1. The van der Waals surface area contributed by atoms with Gasteiger partial charge in [0.2, 0.25) is 5.91 Å². The molecule has 0 heterocycles. The fourth-order valence-corrected chi connectivity index (χ4v) is 0.847. The SMILES string of the molecule is CCN(CC(=O)O)C(=O)NCC(=O)NC. The van der Waals surface area contributed by atoms with Gasteiger partial charge >= 0.3 is 12.0 Å². The second-order valence-corrected chi connectivity index (χ2v) is 2.74. The molecular formula is C8H15N3O4. The number of likely N-dealkylation sites (N-methyl/N-ethyl adjacent to an activating group) is 2. The molecule has 7 nitrogen and oxygen atoms in total. The largest absolute Gasteiger partial charge is 0.480 e. The Balaban J connectivity index is 4.04. The van der Waals surface area contributed by atoms with Gasteiger partial charge in [0.25, 0.3) is 0 Å². The molecule has 0 saturated carbocycles. The smallest absolute Gasteiger partial charge is 0.323 e. The Morgan fingerprint density at radius 2 is 1.93 bits per heavy atom. The van der Waals surface area contributed by atoms with Gasteiger partial charge in [0.1, 0.15) is 6.54 Å². The van der Waals surface area contributed by atoms with Gasteiger partial charge in [-0.15, -0.1) is 0 Å². The Morgan fingerprint density at radius 1 is 1.33 bits per heavy atom. The third-order valence-electron chi connectivity index (χ3n) is 1.67. The molecule has 0 rings (SSSR count). The highest BCUT2D eigenvalue weighted by atomic mass is 16.4. The lowest BCUT2D eigenvalue weighted by atomic mass is 10.5. The van der Waals surface area contributed by atoms with Gasteiger partial charge in [-0.1, -0.05) is 0 Å². The van der Waals surface area contributed by atoms with Crippen molar-refractivity contribution in [1.82, 2.24) is 15.5 Å². The zero-order valence-electron chi connectivity index (χ0n) is 8.74. The normalized spacial score (nSPS) is 9.20. The summed E-state index contributed by atoms with van der Waals surface area (Å²) in [5.74, 6) is -1.43. The van der Waals surface area contributed by atoms with E-state index in [1.165, 1.54) is 7.05 Å². The van der Waals surface area contributed by atoms with Crippen LogP contribution < -0.4 is 10.6 Å². The molecule has 3 amide bonds. The van der Waals surface area contributed by atoms with Crippen molar-refractivity contribution in [1.29, 1.82) is 0 Å². The number of urea groups is 1. The third-order valence-corrected chi connectivity index (χ3v) is 1.67. The second kappa shape index (κ2) is 6.63. The van der Waals surface area contributed by atoms with Crippen LogP contribution >= 0.6 is 0 Å². The molecule has 0 bridgehead atoms. The lowest BCUT2D eigenvalue weighted by molar-refractivity contribution is -0.137. The summed E-state index contributed by atoms with van der Waals surface area (Å²) in [6.07, 6.45) is 0. The molecule has 0 aromatic carbocycles. The molecule has 0 saturated heterocycles. The van der Waals surface area contributed by atoms with E-state index in [1.807, 2.05) is 0 Å². The second-order valence-electron chi connectivity index (χ2n) is 2.74. The number of nitrogens with one attached hydrogen (secondary N) is 2. The Kier molecular flexibility index (Phi) is 5.84. The van der Waals surface area contributed by atoms with E-state index in [0.29, 0.717) is 0 Å². The quantitative estimate of drug-likeness (QED) is 0.541. The molecule has 0 aromatic heterocycles. The Morgan fingerprint density at radius 3 is 2.33 bits per heavy atom. The predicted molar refractivity (Wildman–Crippen MR) is 52.3 cm³/mol. The van der Waals surface area contributed by atoms with E-state index >= 15 is 0 Å². The van der Waals surface area contributed by atoms with Crippen LogP contribution in [0.2, 0.25) is 0 Å². The van der Waals surface area contributed by atoms with Gasteiger partial charge < -0.3 is 20.6 Å². The molecule has 0 aromatic rings. The van der Waals surface area contributed by atoms with E-state index in [0.717, 1.165) is 4.90 Å². The Hall–Kier alpha value is -1.79. The molecule has 3 N–H and O–H groups in total. The number of amides is 3. The van der Waals surface area contributed by atoms with E-state index < -0.39 is 12.0 Å². The van der Waals surface area contributed by atoms with Crippen molar-refractivity contribution >= 4 is 17.9 Å². The third kappa shape index (κ3) is 5.50. The van der Waals surface area contributed by atoms with Crippen molar-refractivity contribution in [3.63, 3.8) is 0 Å². The number of hydrogen-bond acceptors (Lipinski definition) is 3. The van der Waals surface area contributed by atoms with Gasteiger partial charge in [-0.05, 0) is 6.92 Å². The first-order valence-electron chi connectivity index (χ1n) is 4.46. The standard InChI is InChI=1S/C8H15N3O4/c1-3-11(5-7(13)14)8(15)10-4-6(12)9-2/h3-5H2,1-2H3,(H,9,12)(H,10,15)(H,13,14). The molecule has 0 atom stereocenters. The summed E-state index contributed by atoms with van der Waals surface area (Å²) in [5.41, 5.74) is 0. The first-order valence-corrected chi connectivity index (χ1v) is 4.46. The minimum Gasteiger partial charge on any atom is -0.480 e. The van der Waals surface area contributed by atoms with E-state index in [-0.39, 0.29) is 25.5 Å². The van der Waals surface area contributed by atoms with Crippen LogP contribution in [-0.2, 0) is 9.59 Å². The number of carbonyl (C=O) groups is 3. The summed E-state index contributed by atoms with van der Waals surface area (Å²) < 4.78 is 0. The van der Waals surface area contributed by atoms with Gasteiger partial charge in [0, 0.05) is 13.6 Å². The number of carboxylic acid groups (broad SMARTS) is 1.